The number of nitrogens with zero attached hydrogens (tertiary/aromatic N) is 2. The Morgan fingerprint density at radius 1 is 1.35 bits per heavy atom. The van der Waals surface area contributed by atoms with Crippen molar-refractivity contribution in [2.75, 3.05) is 6.54 Å². The summed E-state index contributed by atoms with van der Waals surface area (Å²) in [6, 6.07) is 10.0. The van der Waals surface area contributed by atoms with E-state index in [9.17, 15) is 4.79 Å². The predicted molar refractivity (Wildman–Crippen MR) is 66.3 cm³/mol. The first-order valence-corrected chi connectivity index (χ1v) is 5.57. The number of hydrogen-bond acceptors (Lipinski definition) is 2. The molecule has 1 heterocycles. The first kappa shape index (κ1) is 11.4. The van der Waals surface area contributed by atoms with E-state index in [0.717, 1.165) is 17.8 Å². The third-order valence-electron chi connectivity index (χ3n) is 2.45. The molecule has 4 heteroatoms. The Labute approximate surface area is 100 Å². The quantitative estimate of drug-likeness (QED) is 0.867. The molecule has 0 saturated carbocycles. The van der Waals surface area contributed by atoms with E-state index < -0.39 is 0 Å². The van der Waals surface area contributed by atoms with Gasteiger partial charge in [-0.2, -0.15) is 0 Å². The highest BCUT2D eigenvalue weighted by Gasteiger charge is 2.01. The second-order valence-electron chi connectivity index (χ2n) is 3.85. The number of nitrogens with one attached hydrogen (secondary N) is 1. The first-order chi connectivity index (χ1) is 8.25. The van der Waals surface area contributed by atoms with Gasteiger partial charge in [0.15, 0.2) is 0 Å². The van der Waals surface area contributed by atoms with Crippen molar-refractivity contribution in [3.63, 3.8) is 0 Å². The van der Waals surface area contributed by atoms with E-state index in [-0.39, 0.29) is 5.91 Å². The summed E-state index contributed by atoms with van der Waals surface area (Å²) in [6.45, 7) is 2.88. The van der Waals surface area contributed by atoms with Gasteiger partial charge in [-0.15, -0.1) is 0 Å². The summed E-state index contributed by atoms with van der Waals surface area (Å²) >= 11 is 0. The fraction of sp³-hybridized carbons (Fsp3) is 0.231. The molecule has 0 aliphatic heterocycles. The standard InChI is InChI=1S/C13H15N3O/c1-11(17)14-7-8-16-9-13(15-10-16)12-5-3-2-4-6-12/h2-6,9-10H,7-8H2,1H3,(H,14,17). The van der Waals surface area contributed by atoms with Crippen LogP contribution in [0.25, 0.3) is 11.3 Å². The van der Waals surface area contributed by atoms with Crippen LogP contribution < -0.4 is 5.32 Å². The van der Waals surface area contributed by atoms with Crippen molar-refractivity contribution in [3.05, 3.63) is 42.9 Å². The smallest absolute Gasteiger partial charge is 0.216 e. The Kier molecular flexibility index (Phi) is 3.55. The van der Waals surface area contributed by atoms with Gasteiger partial charge in [-0.1, -0.05) is 30.3 Å². The summed E-state index contributed by atoms with van der Waals surface area (Å²) < 4.78 is 1.97. The molecule has 0 bridgehead atoms. The van der Waals surface area contributed by atoms with Crippen molar-refractivity contribution in [1.82, 2.24) is 14.9 Å². The van der Waals surface area contributed by atoms with Crippen molar-refractivity contribution < 1.29 is 4.79 Å². The van der Waals surface area contributed by atoms with Crippen LogP contribution in [-0.4, -0.2) is 22.0 Å². The van der Waals surface area contributed by atoms with Gasteiger partial charge in [-0.3, -0.25) is 4.79 Å². The molecule has 0 unspecified atom stereocenters. The lowest BCUT2D eigenvalue weighted by atomic mass is 10.2. The van der Waals surface area contributed by atoms with E-state index >= 15 is 0 Å². The van der Waals surface area contributed by atoms with Crippen LogP contribution in [0.2, 0.25) is 0 Å². The highest BCUT2D eigenvalue weighted by Crippen LogP contribution is 2.15. The molecule has 0 aliphatic carbocycles. The van der Waals surface area contributed by atoms with E-state index in [0.29, 0.717) is 6.54 Å². The number of carbonyl (C=O) groups excluding carboxylic acids is 1. The van der Waals surface area contributed by atoms with Crippen LogP contribution in [0.3, 0.4) is 0 Å². The van der Waals surface area contributed by atoms with Crippen LogP contribution >= 0.6 is 0 Å². The molecule has 2 aromatic rings. The molecule has 0 saturated heterocycles. The Hall–Kier alpha value is -2.10. The van der Waals surface area contributed by atoms with Gasteiger partial charge in [-0.05, 0) is 0 Å². The summed E-state index contributed by atoms with van der Waals surface area (Å²) in [6.07, 6.45) is 3.77. The van der Waals surface area contributed by atoms with Crippen LogP contribution in [0.4, 0.5) is 0 Å². The molecule has 1 amide bonds. The van der Waals surface area contributed by atoms with Crippen molar-refractivity contribution in [1.29, 1.82) is 0 Å². The highest BCUT2D eigenvalue weighted by atomic mass is 16.1. The third kappa shape index (κ3) is 3.17. The lowest BCUT2D eigenvalue weighted by molar-refractivity contribution is -0.118. The van der Waals surface area contributed by atoms with Gasteiger partial charge in [0.2, 0.25) is 5.91 Å². The maximum Gasteiger partial charge on any atom is 0.216 e. The molecule has 0 atom stereocenters. The van der Waals surface area contributed by atoms with Crippen LogP contribution in [0.15, 0.2) is 42.9 Å². The molecule has 0 fully saturated rings. The first-order valence-electron chi connectivity index (χ1n) is 5.57. The summed E-state index contributed by atoms with van der Waals surface area (Å²) in [7, 11) is 0. The minimum Gasteiger partial charge on any atom is -0.355 e. The average Bonchev–Trinajstić information content (AvgIpc) is 2.78. The zero-order valence-corrected chi connectivity index (χ0v) is 9.76. The fourth-order valence-corrected chi connectivity index (χ4v) is 1.60. The summed E-state index contributed by atoms with van der Waals surface area (Å²) in [5.41, 5.74) is 2.05. The maximum atomic E-state index is 10.7. The predicted octanol–water partition coefficient (Wildman–Crippen LogP) is 1.69. The number of amides is 1. The van der Waals surface area contributed by atoms with Gasteiger partial charge in [0.25, 0.3) is 0 Å². The van der Waals surface area contributed by atoms with Crippen LogP contribution in [0.1, 0.15) is 6.92 Å². The summed E-state index contributed by atoms with van der Waals surface area (Å²) in [5.74, 6) is -0.00611. The number of aromatic nitrogens is 2. The van der Waals surface area contributed by atoms with Crippen molar-refractivity contribution in [2.24, 2.45) is 0 Å². The van der Waals surface area contributed by atoms with E-state index in [1.54, 1.807) is 6.33 Å². The maximum absolute atomic E-state index is 10.7. The number of rotatable bonds is 4. The molecule has 88 valence electrons. The van der Waals surface area contributed by atoms with Crippen LogP contribution in [-0.2, 0) is 11.3 Å². The van der Waals surface area contributed by atoms with Gasteiger partial charge in [0, 0.05) is 31.8 Å². The van der Waals surface area contributed by atoms with Gasteiger partial charge in [0.1, 0.15) is 0 Å². The van der Waals surface area contributed by atoms with Crippen molar-refractivity contribution in [2.45, 2.75) is 13.5 Å². The Morgan fingerprint density at radius 3 is 2.82 bits per heavy atom. The molecule has 0 spiro atoms. The number of imidazole rings is 1. The Morgan fingerprint density at radius 2 is 2.12 bits per heavy atom. The van der Waals surface area contributed by atoms with Crippen LogP contribution in [0.5, 0.6) is 0 Å². The molecular weight excluding hydrogens is 214 g/mol. The molecule has 17 heavy (non-hydrogen) atoms. The third-order valence-corrected chi connectivity index (χ3v) is 2.45. The molecule has 4 nitrogen and oxygen atoms in total. The molecular formula is C13H15N3O. The normalized spacial score (nSPS) is 10.2. The van der Waals surface area contributed by atoms with Gasteiger partial charge in [-0.25, -0.2) is 4.98 Å². The van der Waals surface area contributed by atoms with Crippen molar-refractivity contribution in [3.8, 4) is 11.3 Å². The number of hydrogen-bond donors (Lipinski definition) is 1. The topological polar surface area (TPSA) is 46.9 Å². The monoisotopic (exact) mass is 229 g/mol. The molecule has 1 aromatic heterocycles. The molecule has 0 radical (unpaired) electrons. The van der Waals surface area contributed by atoms with E-state index in [2.05, 4.69) is 10.3 Å². The van der Waals surface area contributed by atoms with E-state index in [4.69, 9.17) is 0 Å². The van der Waals surface area contributed by atoms with Crippen molar-refractivity contribution >= 4 is 5.91 Å². The molecule has 1 aromatic carbocycles. The minimum atomic E-state index is -0.00611. The average molecular weight is 229 g/mol. The van der Waals surface area contributed by atoms with E-state index in [1.165, 1.54) is 6.92 Å². The highest BCUT2D eigenvalue weighted by molar-refractivity contribution is 5.72. The summed E-state index contributed by atoms with van der Waals surface area (Å²) in [4.78, 5) is 15.1. The lowest BCUT2D eigenvalue weighted by Gasteiger charge is -2.02. The zero-order chi connectivity index (χ0) is 12.1. The van der Waals surface area contributed by atoms with E-state index in [1.807, 2.05) is 41.1 Å². The lowest BCUT2D eigenvalue weighted by Crippen LogP contribution is -2.23. The zero-order valence-electron chi connectivity index (χ0n) is 9.76. The van der Waals surface area contributed by atoms with Gasteiger partial charge in [0.05, 0.1) is 12.0 Å². The number of carbonyl (C=O) groups is 1. The molecule has 1 N–H and O–H groups in total. The Bertz CT molecular complexity index is 490. The SMILES string of the molecule is CC(=O)NCCn1cnc(-c2ccccc2)c1. The molecule has 0 aliphatic rings. The fourth-order valence-electron chi connectivity index (χ4n) is 1.60. The minimum absolute atomic E-state index is 0.00611. The second kappa shape index (κ2) is 5.30. The second-order valence-corrected chi connectivity index (χ2v) is 3.85. The van der Waals surface area contributed by atoms with Gasteiger partial charge >= 0.3 is 0 Å². The Balaban J connectivity index is 1.99. The van der Waals surface area contributed by atoms with Gasteiger partial charge < -0.3 is 9.88 Å². The number of benzene rings is 1. The van der Waals surface area contributed by atoms with Crippen LogP contribution in [0, 0.1) is 0 Å². The largest absolute Gasteiger partial charge is 0.355 e. The molecule has 2 rings (SSSR count). The summed E-state index contributed by atoms with van der Waals surface area (Å²) in [5, 5.41) is 2.76.